The topological polar surface area (TPSA) is 24.9 Å². The highest BCUT2D eigenvalue weighted by Crippen LogP contribution is 2.30. The normalized spacial score (nSPS) is 12.4. The molecule has 1 aromatic carbocycles. The Labute approximate surface area is 132 Å². The van der Waals surface area contributed by atoms with Crippen LogP contribution in [-0.4, -0.2) is 11.5 Å². The molecule has 6 heteroatoms. The van der Waals surface area contributed by atoms with Crippen LogP contribution in [0.25, 0.3) is 0 Å². The number of nitrogens with zero attached hydrogens (tertiary/aromatic N) is 1. The summed E-state index contributed by atoms with van der Waals surface area (Å²) in [5.74, 6) is -1.18. The molecule has 2 rings (SSSR count). The summed E-state index contributed by atoms with van der Waals surface area (Å²) < 4.78 is 28.6. The minimum absolute atomic E-state index is 0.365. The second-order valence-electron chi connectivity index (χ2n) is 4.18. The van der Waals surface area contributed by atoms with E-state index in [2.05, 4.69) is 42.2 Å². The Hall–Kier alpha value is -0.850. The van der Waals surface area contributed by atoms with Crippen molar-refractivity contribution in [2.75, 3.05) is 6.54 Å². The van der Waals surface area contributed by atoms with Crippen molar-refractivity contribution in [1.82, 2.24) is 10.3 Å². The lowest BCUT2D eigenvalue weighted by Crippen LogP contribution is -2.24. The number of halogens is 4. The van der Waals surface area contributed by atoms with Crippen molar-refractivity contribution >= 4 is 31.9 Å². The highest BCUT2D eigenvalue weighted by Gasteiger charge is 2.21. The monoisotopic (exact) mass is 404 g/mol. The standard InChI is InChI=1S/C14H12Br2F2N2/c1-2-19-13(10-4-3-9(17)6-12(10)18)14-11(16)5-8(15)7-20-14/h3-7,13,19H,2H2,1H3. The third-order valence-electron chi connectivity index (χ3n) is 2.79. The van der Waals surface area contributed by atoms with Gasteiger partial charge in [-0.2, -0.15) is 0 Å². The number of benzene rings is 1. The number of aromatic nitrogens is 1. The zero-order valence-electron chi connectivity index (χ0n) is 10.6. The summed E-state index contributed by atoms with van der Waals surface area (Å²) in [7, 11) is 0. The van der Waals surface area contributed by atoms with Gasteiger partial charge in [-0.05, 0) is 50.5 Å². The second kappa shape index (κ2) is 6.74. The molecule has 0 bridgehead atoms. The van der Waals surface area contributed by atoms with Crippen LogP contribution in [0.1, 0.15) is 24.2 Å². The van der Waals surface area contributed by atoms with E-state index in [0.717, 1.165) is 15.0 Å². The first-order valence-corrected chi connectivity index (χ1v) is 7.60. The van der Waals surface area contributed by atoms with Crippen molar-refractivity contribution in [3.63, 3.8) is 0 Å². The summed E-state index contributed by atoms with van der Waals surface area (Å²) in [6.45, 7) is 2.55. The fourth-order valence-electron chi connectivity index (χ4n) is 1.93. The van der Waals surface area contributed by atoms with Crippen LogP contribution in [0.5, 0.6) is 0 Å². The molecular formula is C14H12Br2F2N2. The van der Waals surface area contributed by atoms with Gasteiger partial charge in [0, 0.05) is 26.8 Å². The maximum Gasteiger partial charge on any atom is 0.131 e. The fourth-order valence-corrected chi connectivity index (χ4v) is 3.15. The Bertz CT molecular complexity index is 569. The Balaban J connectivity index is 2.50. The summed E-state index contributed by atoms with van der Waals surface area (Å²) in [5, 5.41) is 3.17. The van der Waals surface area contributed by atoms with Crippen molar-refractivity contribution < 1.29 is 8.78 Å². The molecule has 1 aromatic heterocycles. The first-order valence-electron chi connectivity index (χ1n) is 6.02. The number of nitrogens with one attached hydrogen (secondary N) is 1. The lowest BCUT2D eigenvalue weighted by molar-refractivity contribution is 0.535. The van der Waals surface area contributed by atoms with Crippen molar-refractivity contribution in [3.05, 3.63) is 62.3 Å². The average molecular weight is 406 g/mol. The average Bonchev–Trinajstić information content (AvgIpc) is 2.37. The van der Waals surface area contributed by atoms with Crippen LogP contribution in [0.4, 0.5) is 8.78 Å². The van der Waals surface area contributed by atoms with Gasteiger partial charge in [-0.25, -0.2) is 8.78 Å². The molecule has 0 aliphatic carbocycles. The maximum absolute atomic E-state index is 14.0. The van der Waals surface area contributed by atoms with Crippen LogP contribution in [0.15, 0.2) is 39.4 Å². The van der Waals surface area contributed by atoms with Crippen LogP contribution >= 0.6 is 31.9 Å². The van der Waals surface area contributed by atoms with Crippen LogP contribution < -0.4 is 5.32 Å². The van der Waals surface area contributed by atoms with E-state index in [9.17, 15) is 8.78 Å². The van der Waals surface area contributed by atoms with E-state index in [1.54, 1.807) is 6.20 Å². The molecule has 0 saturated heterocycles. The molecular weight excluding hydrogens is 394 g/mol. The number of rotatable bonds is 4. The summed E-state index contributed by atoms with van der Waals surface area (Å²) in [5.41, 5.74) is 1.02. The predicted molar refractivity (Wildman–Crippen MR) is 81.5 cm³/mol. The van der Waals surface area contributed by atoms with Crippen LogP contribution in [0.3, 0.4) is 0 Å². The van der Waals surface area contributed by atoms with Gasteiger partial charge in [-0.15, -0.1) is 0 Å². The zero-order chi connectivity index (χ0) is 14.7. The number of hydrogen-bond acceptors (Lipinski definition) is 2. The molecule has 1 N–H and O–H groups in total. The molecule has 0 spiro atoms. The van der Waals surface area contributed by atoms with Gasteiger partial charge >= 0.3 is 0 Å². The van der Waals surface area contributed by atoms with Crippen LogP contribution in [0, 0.1) is 11.6 Å². The molecule has 0 aliphatic heterocycles. The van der Waals surface area contributed by atoms with Crippen LogP contribution in [-0.2, 0) is 0 Å². The molecule has 0 aliphatic rings. The van der Waals surface area contributed by atoms with E-state index in [1.807, 2.05) is 13.0 Å². The van der Waals surface area contributed by atoms with Crippen molar-refractivity contribution in [3.8, 4) is 0 Å². The van der Waals surface area contributed by atoms with Gasteiger partial charge in [0.05, 0.1) is 11.7 Å². The molecule has 2 aromatic rings. The third kappa shape index (κ3) is 3.42. The Kier molecular flexibility index (Phi) is 5.23. The lowest BCUT2D eigenvalue weighted by atomic mass is 10.0. The molecule has 0 radical (unpaired) electrons. The van der Waals surface area contributed by atoms with Crippen molar-refractivity contribution in [2.24, 2.45) is 0 Å². The molecule has 2 nitrogen and oxygen atoms in total. The minimum atomic E-state index is -0.593. The molecule has 1 unspecified atom stereocenters. The van der Waals surface area contributed by atoms with Gasteiger partial charge in [0.15, 0.2) is 0 Å². The largest absolute Gasteiger partial charge is 0.305 e. The zero-order valence-corrected chi connectivity index (χ0v) is 13.8. The second-order valence-corrected chi connectivity index (χ2v) is 5.95. The summed E-state index contributed by atoms with van der Waals surface area (Å²) >= 11 is 6.75. The molecule has 1 atom stereocenters. The lowest BCUT2D eigenvalue weighted by Gasteiger charge is -2.20. The smallest absolute Gasteiger partial charge is 0.131 e. The van der Waals surface area contributed by atoms with Gasteiger partial charge in [0.2, 0.25) is 0 Å². The van der Waals surface area contributed by atoms with Gasteiger partial charge in [-0.1, -0.05) is 13.0 Å². The first-order chi connectivity index (χ1) is 9.52. The van der Waals surface area contributed by atoms with E-state index in [4.69, 9.17) is 0 Å². The summed E-state index contributed by atoms with van der Waals surface area (Å²) in [6, 6.07) is 4.97. The fraction of sp³-hybridized carbons (Fsp3) is 0.214. The highest BCUT2D eigenvalue weighted by atomic mass is 79.9. The van der Waals surface area contributed by atoms with E-state index >= 15 is 0 Å². The van der Waals surface area contributed by atoms with Crippen molar-refractivity contribution in [2.45, 2.75) is 13.0 Å². The molecule has 106 valence electrons. The highest BCUT2D eigenvalue weighted by molar-refractivity contribution is 9.11. The summed E-state index contributed by atoms with van der Waals surface area (Å²) in [6.07, 6.45) is 1.64. The maximum atomic E-state index is 14.0. The Morgan fingerprint density at radius 1 is 1.25 bits per heavy atom. The first kappa shape index (κ1) is 15.5. The SMILES string of the molecule is CCNC(c1ccc(F)cc1F)c1ncc(Br)cc1Br. The Morgan fingerprint density at radius 3 is 2.60 bits per heavy atom. The third-order valence-corrected chi connectivity index (χ3v) is 3.86. The Morgan fingerprint density at radius 2 is 2.00 bits per heavy atom. The van der Waals surface area contributed by atoms with E-state index in [-0.39, 0.29) is 0 Å². The molecule has 0 saturated carbocycles. The summed E-state index contributed by atoms with van der Waals surface area (Å²) in [4.78, 5) is 4.32. The van der Waals surface area contributed by atoms with Gasteiger partial charge < -0.3 is 5.32 Å². The van der Waals surface area contributed by atoms with Crippen LogP contribution in [0.2, 0.25) is 0 Å². The van der Waals surface area contributed by atoms with Gasteiger partial charge in [-0.3, -0.25) is 4.98 Å². The van der Waals surface area contributed by atoms with Gasteiger partial charge in [0.25, 0.3) is 0 Å². The predicted octanol–water partition coefficient (Wildman–Crippen LogP) is 4.58. The van der Waals surface area contributed by atoms with Gasteiger partial charge in [0.1, 0.15) is 11.6 Å². The molecule has 1 heterocycles. The minimum Gasteiger partial charge on any atom is -0.305 e. The molecule has 20 heavy (non-hydrogen) atoms. The number of hydrogen-bond donors (Lipinski definition) is 1. The molecule has 0 amide bonds. The number of pyridine rings is 1. The molecule has 0 fully saturated rings. The quantitative estimate of drug-likeness (QED) is 0.804. The van der Waals surface area contributed by atoms with E-state index in [1.165, 1.54) is 12.1 Å². The van der Waals surface area contributed by atoms with E-state index in [0.29, 0.717) is 17.8 Å². The van der Waals surface area contributed by atoms with E-state index < -0.39 is 17.7 Å². The van der Waals surface area contributed by atoms with Crippen molar-refractivity contribution in [1.29, 1.82) is 0 Å².